The van der Waals surface area contributed by atoms with Crippen LogP contribution < -0.4 is 14.5 Å². The van der Waals surface area contributed by atoms with Gasteiger partial charge in [-0.05, 0) is 122 Å². The summed E-state index contributed by atoms with van der Waals surface area (Å²) in [7, 11) is 0. The van der Waals surface area contributed by atoms with Crippen molar-refractivity contribution in [1.82, 2.24) is 34.1 Å². The molecule has 1 aliphatic rings. The molecule has 0 spiro atoms. The highest BCUT2D eigenvalue weighted by atomic mass is 16.5. The second-order valence-electron chi connectivity index (χ2n) is 19.4. The molecule has 11 aromatic rings. The van der Waals surface area contributed by atoms with Crippen molar-refractivity contribution in [1.29, 1.82) is 0 Å². The van der Waals surface area contributed by atoms with Crippen LogP contribution in [0.2, 0.25) is 0 Å². The first-order chi connectivity index (χ1) is 33.4. The van der Waals surface area contributed by atoms with E-state index in [1.807, 2.05) is 30.6 Å². The Balaban J connectivity index is 0.954. The molecule has 10 nitrogen and oxygen atoms in total. The van der Waals surface area contributed by atoms with Gasteiger partial charge in [0.2, 0.25) is 11.9 Å². The quantitative estimate of drug-likeness (QED) is 0.156. The van der Waals surface area contributed by atoms with Gasteiger partial charge in [-0.1, -0.05) is 99.1 Å². The molecule has 0 amide bonds. The average molecular weight is 902 g/mol. The molecule has 12 rings (SSSR count). The lowest BCUT2D eigenvalue weighted by atomic mass is 9.88. The number of ether oxygens (including phenoxy) is 1. The van der Waals surface area contributed by atoms with E-state index >= 15 is 0 Å². The second kappa shape index (κ2) is 15.9. The molecule has 69 heavy (non-hydrogen) atoms. The third kappa shape index (κ3) is 6.96. The maximum atomic E-state index is 6.77. The Kier molecular flexibility index (Phi) is 9.67. The molecule has 0 saturated heterocycles. The van der Waals surface area contributed by atoms with Gasteiger partial charge in [0.05, 0.1) is 27.8 Å². The van der Waals surface area contributed by atoms with E-state index < -0.39 is 0 Å². The highest BCUT2D eigenvalue weighted by molar-refractivity contribution is 6.11. The molecule has 338 valence electrons. The number of fused-ring (bicyclic) bond motifs is 7. The molecular weight excluding hydrogens is 851 g/mol. The average Bonchev–Trinajstić information content (AvgIpc) is 4.00. The normalized spacial score (nSPS) is 12.8. The van der Waals surface area contributed by atoms with E-state index in [1.54, 1.807) is 0 Å². The van der Waals surface area contributed by atoms with E-state index in [-0.39, 0.29) is 5.41 Å². The van der Waals surface area contributed by atoms with E-state index in [1.165, 1.54) is 11.1 Å². The third-order valence-corrected chi connectivity index (χ3v) is 13.6. The first-order valence-corrected chi connectivity index (χ1v) is 23.5. The minimum absolute atomic E-state index is 0.0264. The zero-order valence-corrected chi connectivity index (χ0v) is 40.1. The van der Waals surface area contributed by atoms with E-state index in [0.717, 1.165) is 100 Å². The number of hydrogen-bond donors (Lipinski definition) is 0. The van der Waals surface area contributed by atoms with Crippen LogP contribution in [0, 0.1) is 34.6 Å². The molecule has 0 fully saturated rings. The summed E-state index contributed by atoms with van der Waals surface area (Å²) in [5.41, 5.74) is 14.0. The van der Waals surface area contributed by atoms with Gasteiger partial charge in [0.1, 0.15) is 24.0 Å². The van der Waals surface area contributed by atoms with Crippen LogP contribution in [0.25, 0.3) is 66.8 Å². The van der Waals surface area contributed by atoms with E-state index in [4.69, 9.17) is 29.7 Å². The topological polar surface area (TPSA) is 90.0 Å². The summed E-state index contributed by atoms with van der Waals surface area (Å²) in [6, 6.07) is 48.8. The highest BCUT2D eigenvalue weighted by Gasteiger charge is 2.33. The van der Waals surface area contributed by atoms with Crippen LogP contribution in [0.4, 0.5) is 23.1 Å². The van der Waals surface area contributed by atoms with Crippen molar-refractivity contribution in [3.05, 3.63) is 185 Å². The lowest BCUT2D eigenvalue weighted by molar-refractivity contribution is 0.483. The molecular formula is C59H51N9O. The van der Waals surface area contributed by atoms with Crippen LogP contribution in [-0.4, -0.2) is 40.7 Å². The third-order valence-electron chi connectivity index (χ3n) is 13.6. The number of anilines is 4. The molecule has 6 heterocycles. The van der Waals surface area contributed by atoms with Gasteiger partial charge in [-0.3, -0.25) is 14.0 Å². The van der Waals surface area contributed by atoms with Crippen LogP contribution in [0.15, 0.2) is 152 Å². The minimum atomic E-state index is -0.0264. The van der Waals surface area contributed by atoms with E-state index in [0.29, 0.717) is 30.1 Å². The van der Waals surface area contributed by atoms with Gasteiger partial charge in [0.15, 0.2) is 11.6 Å². The Morgan fingerprint density at radius 2 is 1.19 bits per heavy atom. The number of rotatable bonds is 7. The van der Waals surface area contributed by atoms with E-state index in [9.17, 15) is 0 Å². The number of para-hydroxylation sites is 3. The van der Waals surface area contributed by atoms with Crippen molar-refractivity contribution in [3.8, 4) is 34.7 Å². The molecule has 0 unspecified atom stereocenters. The monoisotopic (exact) mass is 901 g/mol. The molecule has 5 aromatic heterocycles. The zero-order chi connectivity index (χ0) is 47.3. The number of aryl methyl sites for hydroxylation is 5. The highest BCUT2D eigenvalue weighted by Crippen LogP contribution is 2.44. The van der Waals surface area contributed by atoms with Gasteiger partial charge >= 0.3 is 0 Å². The molecule has 0 aliphatic carbocycles. The lowest BCUT2D eigenvalue weighted by Crippen LogP contribution is -2.26. The zero-order valence-electron chi connectivity index (χ0n) is 40.1. The van der Waals surface area contributed by atoms with Crippen LogP contribution in [-0.2, 0) is 5.41 Å². The standard InChI is InChI=1S/C59H51N9O/c1-35-29-38(4)52(39(5)30-35)55-62-57(64-58(63-55)68-53-36(2)15-11-20-46(53)47-21-12-16-37(3)54(47)68)66-34-65(49-23-14-27-61-56(49)66)41-17-13-18-42(32-41)69-43-24-25-45-44-19-9-10-22-48(44)67(50(45)33-43)51-31-40(26-28-60-51)59(6,7)8/h9-33H,34H2,1-8H3. The number of aromatic nitrogens is 7. The SMILES string of the molecule is Cc1cc(C)c(-c2nc(N3CN(c4cccc(Oc5ccc6c7ccccc7n(-c7cc(C(C)(C)C)ccn7)c6c5)c4)c4cccnc43)nc(-n3c4c(C)cccc4c4cccc(C)c43)n2)c(C)c1. The molecule has 1 aliphatic heterocycles. The van der Waals surface area contributed by atoms with Crippen LogP contribution in [0.1, 0.15) is 54.2 Å². The van der Waals surface area contributed by atoms with Gasteiger partial charge in [0, 0.05) is 57.3 Å². The maximum absolute atomic E-state index is 6.77. The summed E-state index contributed by atoms with van der Waals surface area (Å²) in [5, 5.41) is 4.62. The molecule has 0 saturated carbocycles. The summed E-state index contributed by atoms with van der Waals surface area (Å²) >= 11 is 0. The van der Waals surface area contributed by atoms with Crippen molar-refractivity contribution >= 4 is 66.8 Å². The molecule has 0 N–H and O–H groups in total. The Hall–Kier alpha value is -8.37. The van der Waals surface area contributed by atoms with Crippen LogP contribution in [0.5, 0.6) is 11.5 Å². The second-order valence-corrected chi connectivity index (χ2v) is 19.4. The first-order valence-electron chi connectivity index (χ1n) is 23.5. The van der Waals surface area contributed by atoms with Gasteiger partial charge in [0.25, 0.3) is 0 Å². The Labute approximate surface area is 401 Å². The smallest absolute Gasteiger partial charge is 0.240 e. The fourth-order valence-corrected chi connectivity index (χ4v) is 10.5. The van der Waals surface area contributed by atoms with Crippen molar-refractivity contribution in [2.24, 2.45) is 0 Å². The Morgan fingerprint density at radius 1 is 0.507 bits per heavy atom. The number of hydrogen-bond acceptors (Lipinski definition) is 8. The van der Waals surface area contributed by atoms with Gasteiger partial charge in [-0.25, -0.2) is 9.97 Å². The number of pyridine rings is 2. The summed E-state index contributed by atoms with van der Waals surface area (Å²) in [4.78, 5) is 30.3. The summed E-state index contributed by atoms with van der Waals surface area (Å²) in [5.74, 6) is 4.73. The van der Waals surface area contributed by atoms with Crippen molar-refractivity contribution in [2.75, 3.05) is 16.5 Å². The van der Waals surface area contributed by atoms with Gasteiger partial charge in [-0.15, -0.1) is 0 Å². The molecule has 10 heteroatoms. The predicted molar refractivity (Wildman–Crippen MR) is 280 cm³/mol. The largest absolute Gasteiger partial charge is 0.457 e. The maximum Gasteiger partial charge on any atom is 0.240 e. The summed E-state index contributed by atoms with van der Waals surface area (Å²) < 4.78 is 11.2. The first kappa shape index (κ1) is 42.0. The van der Waals surface area contributed by atoms with Crippen LogP contribution >= 0.6 is 0 Å². The van der Waals surface area contributed by atoms with Crippen molar-refractivity contribution < 1.29 is 4.74 Å². The molecule has 6 aromatic carbocycles. The minimum Gasteiger partial charge on any atom is -0.457 e. The fraction of sp³-hybridized carbons (Fsp3) is 0.169. The van der Waals surface area contributed by atoms with Gasteiger partial charge in [-0.2, -0.15) is 15.0 Å². The molecule has 0 bridgehead atoms. The Morgan fingerprint density at radius 3 is 1.94 bits per heavy atom. The Bertz CT molecular complexity index is 3790. The lowest BCUT2D eigenvalue weighted by Gasteiger charge is -2.22. The van der Waals surface area contributed by atoms with Crippen molar-refractivity contribution in [2.45, 2.75) is 60.8 Å². The number of benzene rings is 6. The van der Waals surface area contributed by atoms with Crippen molar-refractivity contribution in [3.63, 3.8) is 0 Å². The molecule has 0 atom stereocenters. The molecule has 0 radical (unpaired) electrons. The summed E-state index contributed by atoms with van der Waals surface area (Å²) in [6.07, 6.45) is 3.74. The summed E-state index contributed by atoms with van der Waals surface area (Å²) in [6.45, 7) is 17.8. The number of nitrogens with zero attached hydrogens (tertiary/aromatic N) is 9. The van der Waals surface area contributed by atoms with E-state index in [2.05, 4.69) is 196 Å². The van der Waals surface area contributed by atoms with Gasteiger partial charge < -0.3 is 9.64 Å². The fourth-order valence-electron chi connectivity index (χ4n) is 10.5. The predicted octanol–water partition coefficient (Wildman–Crippen LogP) is 14.4. The van der Waals surface area contributed by atoms with Crippen LogP contribution in [0.3, 0.4) is 0 Å².